The van der Waals surface area contributed by atoms with Gasteiger partial charge in [-0.15, -0.1) is 0 Å². The van der Waals surface area contributed by atoms with Crippen molar-refractivity contribution >= 4 is 6.03 Å². The smallest absolute Gasteiger partial charge is 0.317 e. The van der Waals surface area contributed by atoms with Crippen LogP contribution in [0.3, 0.4) is 0 Å². The van der Waals surface area contributed by atoms with Gasteiger partial charge in [-0.3, -0.25) is 0 Å². The molecule has 0 aromatic heterocycles. The Morgan fingerprint density at radius 2 is 2.33 bits per heavy atom. The number of carbonyl (C=O) groups excluding carboxylic acids is 1. The van der Waals surface area contributed by atoms with Gasteiger partial charge in [0.2, 0.25) is 0 Å². The topological polar surface area (TPSA) is 44.4 Å². The predicted molar refractivity (Wildman–Crippen MR) is 59.8 cm³/mol. The largest absolute Gasteiger partial charge is 0.336 e. The molecule has 15 heavy (non-hydrogen) atoms. The number of urea groups is 1. The van der Waals surface area contributed by atoms with E-state index in [0.717, 1.165) is 19.6 Å². The molecule has 2 rings (SSSR count). The Kier molecular flexibility index (Phi) is 3.14. The van der Waals surface area contributed by atoms with Crippen LogP contribution < -0.4 is 10.6 Å². The highest BCUT2D eigenvalue weighted by Gasteiger charge is 2.34. The second-order valence-electron chi connectivity index (χ2n) is 4.94. The van der Waals surface area contributed by atoms with E-state index in [1.807, 2.05) is 4.90 Å². The van der Waals surface area contributed by atoms with Crippen LogP contribution in [0, 0.1) is 5.92 Å². The second-order valence-corrected chi connectivity index (χ2v) is 4.94. The van der Waals surface area contributed by atoms with E-state index >= 15 is 0 Å². The van der Waals surface area contributed by atoms with Gasteiger partial charge in [0.05, 0.1) is 6.04 Å². The van der Waals surface area contributed by atoms with Crippen LogP contribution in [-0.2, 0) is 0 Å². The molecular formula is C11H21N3O. The molecule has 0 radical (unpaired) electrons. The van der Waals surface area contributed by atoms with Crippen LogP contribution in [0.5, 0.6) is 0 Å². The zero-order chi connectivity index (χ0) is 10.8. The highest BCUT2D eigenvalue weighted by molar-refractivity contribution is 5.77. The summed E-state index contributed by atoms with van der Waals surface area (Å²) in [4.78, 5) is 13.7. The molecule has 86 valence electrons. The maximum Gasteiger partial charge on any atom is 0.317 e. The zero-order valence-electron chi connectivity index (χ0n) is 9.62. The maximum absolute atomic E-state index is 11.7. The van der Waals surface area contributed by atoms with Crippen molar-refractivity contribution in [2.45, 2.75) is 38.8 Å². The average Bonchev–Trinajstić information content (AvgIpc) is 2.78. The summed E-state index contributed by atoms with van der Waals surface area (Å²) in [5.74, 6) is 0.533. The quantitative estimate of drug-likeness (QED) is 0.725. The molecule has 2 aliphatic rings. The van der Waals surface area contributed by atoms with Crippen molar-refractivity contribution in [3.05, 3.63) is 0 Å². The number of hydrogen-bond donors (Lipinski definition) is 2. The summed E-state index contributed by atoms with van der Waals surface area (Å²) in [6, 6.07) is 0.998. The van der Waals surface area contributed by atoms with E-state index in [2.05, 4.69) is 24.5 Å². The minimum Gasteiger partial charge on any atom is -0.336 e. The van der Waals surface area contributed by atoms with Crippen LogP contribution in [0.4, 0.5) is 4.79 Å². The van der Waals surface area contributed by atoms with E-state index in [1.165, 1.54) is 12.8 Å². The lowest BCUT2D eigenvalue weighted by atomic mass is 10.0. The zero-order valence-corrected chi connectivity index (χ0v) is 9.62. The molecule has 4 heteroatoms. The summed E-state index contributed by atoms with van der Waals surface area (Å²) < 4.78 is 0. The first-order valence-electron chi connectivity index (χ1n) is 5.96. The molecule has 0 saturated carbocycles. The Morgan fingerprint density at radius 1 is 1.53 bits per heavy atom. The first-order chi connectivity index (χ1) is 7.18. The number of nitrogens with one attached hydrogen (secondary N) is 2. The van der Waals surface area contributed by atoms with Crippen LogP contribution in [0.1, 0.15) is 26.7 Å². The fourth-order valence-electron chi connectivity index (χ4n) is 2.52. The molecule has 0 bridgehead atoms. The third-order valence-electron chi connectivity index (χ3n) is 3.47. The van der Waals surface area contributed by atoms with Gasteiger partial charge in [-0.1, -0.05) is 13.8 Å². The van der Waals surface area contributed by atoms with Crippen LogP contribution in [0.2, 0.25) is 0 Å². The predicted octanol–water partition coefficient (Wildman–Crippen LogP) is 0.788. The number of rotatable bonds is 3. The van der Waals surface area contributed by atoms with Crippen LogP contribution >= 0.6 is 0 Å². The van der Waals surface area contributed by atoms with E-state index in [1.54, 1.807) is 0 Å². The fourth-order valence-corrected chi connectivity index (χ4v) is 2.52. The lowest BCUT2D eigenvalue weighted by Gasteiger charge is -2.28. The highest BCUT2D eigenvalue weighted by atomic mass is 16.2. The summed E-state index contributed by atoms with van der Waals surface area (Å²) in [7, 11) is 0. The summed E-state index contributed by atoms with van der Waals surface area (Å²) in [5.41, 5.74) is 0. The Bertz CT molecular complexity index is 236. The van der Waals surface area contributed by atoms with Crippen LogP contribution in [0.15, 0.2) is 0 Å². The van der Waals surface area contributed by atoms with Crippen molar-refractivity contribution in [3.8, 4) is 0 Å². The molecule has 2 saturated heterocycles. The molecule has 1 unspecified atom stereocenters. The summed E-state index contributed by atoms with van der Waals surface area (Å²) in [5, 5.41) is 6.38. The first kappa shape index (κ1) is 10.7. The van der Waals surface area contributed by atoms with Crippen molar-refractivity contribution in [3.63, 3.8) is 0 Å². The third-order valence-corrected chi connectivity index (χ3v) is 3.47. The van der Waals surface area contributed by atoms with Gasteiger partial charge in [0, 0.05) is 19.1 Å². The minimum absolute atomic E-state index is 0.113. The van der Waals surface area contributed by atoms with Gasteiger partial charge in [0.15, 0.2) is 0 Å². The van der Waals surface area contributed by atoms with Gasteiger partial charge >= 0.3 is 6.03 Å². The summed E-state index contributed by atoms with van der Waals surface area (Å²) in [6.45, 7) is 7.14. The van der Waals surface area contributed by atoms with E-state index in [4.69, 9.17) is 0 Å². The van der Waals surface area contributed by atoms with Gasteiger partial charge in [-0.2, -0.15) is 0 Å². The second kappa shape index (κ2) is 4.39. The molecule has 0 aromatic carbocycles. The van der Waals surface area contributed by atoms with Gasteiger partial charge in [-0.05, 0) is 25.3 Å². The summed E-state index contributed by atoms with van der Waals surface area (Å²) >= 11 is 0. The van der Waals surface area contributed by atoms with Crippen LogP contribution in [0.25, 0.3) is 0 Å². The first-order valence-corrected chi connectivity index (χ1v) is 5.96. The van der Waals surface area contributed by atoms with Crippen molar-refractivity contribution < 1.29 is 4.79 Å². The van der Waals surface area contributed by atoms with Crippen molar-refractivity contribution in [1.82, 2.24) is 15.5 Å². The summed E-state index contributed by atoms with van der Waals surface area (Å²) in [6.07, 6.45) is 2.45. The molecule has 0 spiro atoms. The molecule has 2 atom stereocenters. The molecule has 2 aliphatic heterocycles. The number of nitrogens with zero attached hydrogens (tertiary/aromatic N) is 1. The highest BCUT2D eigenvalue weighted by Crippen LogP contribution is 2.18. The third kappa shape index (κ3) is 2.25. The number of carbonyl (C=O) groups is 1. The SMILES string of the molecule is CC(C)C1CNC(=O)N1C[C@@H]1CCCN1. The number of hydrogen-bond acceptors (Lipinski definition) is 2. The van der Waals surface area contributed by atoms with E-state index in [0.29, 0.717) is 18.0 Å². The molecule has 2 amide bonds. The molecule has 0 aromatic rings. The van der Waals surface area contributed by atoms with Crippen LogP contribution in [-0.4, -0.2) is 42.6 Å². The van der Waals surface area contributed by atoms with Gasteiger partial charge in [-0.25, -0.2) is 4.79 Å². The maximum atomic E-state index is 11.7. The lowest BCUT2D eigenvalue weighted by molar-refractivity contribution is 0.183. The Morgan fingerprint density at radius 3 is 2.93 bits per heavy atom. The molecule has 2 heterocycles. The average molecular weight is 211 g/mol. The van der Waals surface area contributed by atoms with Gasteiger partial charge in [0.1, 0.15) is 0 Å². The van der Waals surface area contributed by atoms with Gasteiger partial charge < -0.3 is 15.5 Å². The normalized spacial score (nSPS) is 31.4. The molecule has 2 N–H and O–H groups in total. The molecule has 2 fully saturated rings. The Balaban J connectivity index is 1.94. The van der Waals surface area contributed by atoms with Crippen molar-refractivity contribution in [2.75, 3.05) is 19.6 Å². The molecule has 4 nitrogen and oxygen atoms in total. The standard InChI is InChI=1S/C11H21N3O/c1-8(2)10-6-13-11(15)14(10)7-9-4-3-5-12-9/h8-10,12H,3-7H2,1-2H3,(H,13,15)/t9-,10?/m0/s1. The van der Waals surface area contributed by atoms with E-state index < -0.39 is 0 Å². The van der Waals surface area contributed by atoms with E-state index in [9.17, 15) is 4.79 Å². The van der Waals surface area contributed by atoms with E-state index in [-0.39, 0.29) is 6.03 Å². The van der Waals surface area contributed by atoms with Gasteiger partial charge in [0.25, 0.3) is 0 Å². The molecule has 0 aliphatic carbocycles. The molecular weight excluding hydrogens is 190 g/mol. The van der Waals surface area contributed by atoms with Crippen molar-refractivity contribution in [1.29, 1.82) is 0 Å². The minimum atomic E-state index is 0.113. The number of amides is 2. The monoisotopic (exact) mass is 211 g/mol. The Hall–Kier alpha value is -0.770. The van der Waals surface area contributed by atoms with Crippen molar-refractivity contribution in [2.24, 2.45) is 5.92 Å². The fraction of sp³-hybridized carbons (Fsp3) is 0.909. The lowest BCUT2D eigenvalue weighted by Crippen LogP contribution is -2.44. The Labute approximate surface area is 91.4 Å².